The number of ether oxygens (including phenoxy) is 1. The van der Waals surface area contributed by atoms with Crippen molar-refractivity contribution in [1.29, 1.82) is 0 Å². The summed E-state index contributed by atoms with van der Waals surface area (Å²) in [5.74, 6) is 1.89. The number of aromatic amines is 1. The number of pyridine rings is 1. The summed E-state index contributed by atoms with van der Waals surface area (Å²) in [6.45, 7) is 0.260. The number of H-pyrrole nitrogens is 1. The third-order valence-electron chi connectivity index (χ3n) is 4.51. The smallest absolute Gasteiger partial charge is 0.268 e. The molecule has 0 aliphatic rings. The number of hydrogen-bond donors (Lipinski definition) is 1. The summed E-state index contributed by atoms with van der Waals surface area (Å²) in [6, 6.07) is 9.35. The molecule has 0 saturated heterocycles. The standard InChI is InChI=1S/C19H15ClN8O2S/c1-30-9-15-22-17-21-8-13-14(28(17)26-15)6-7-27(16(13)29)18-23-19(25-24-18)31-10-11-2-4-12(20)5-3-11/h2-8H,9-10H2,1H3,(H,23,24,25). The number of methoxy groups -OCH3 is 1. The van der Waals surface area contributed by atoms with E-state index in [1.165, 1.54) is 27.0 Å². The van der Waals surface area contributed by atoms with Gasteiger partial charge in [0, 0.05) is 30.3 Å². The third kappa shape index (κ3) is 3.78. The van der Waals surface area contributed by atoms with Gasteiger partial charge in [-0.25, -0.2) is 10.1 Å². The minimum atomic E-state index is -0.291. The van der Waals surface area contributed by atoms with E-state index in [2.05, 4.69) is 30.2 Å². The summed E-state index contributed by atoms with van der Waals surface area (Å²) in [7, 11) is 1.56. The number of nitrogens with one attached hydrogen (secondary N) is 1. The van der Waals surface area contributed by atoms with Crippen LogP contribution in [0, 0.1) is 0 Å². The quantitative estimate of drug-likeness (QED) is 0.389. The van der Waals surface area contributed by atoms with Crippen LogP contribution in [-0.4, -0.2) is 46.4 Å². The Morgan fingerprint density at radius 3 is 2.84 bits per heavy atom. The molecule has 10 nitrogen and oxygen atoms in total. The first-order valence-electron chi connectivity index (χ1n) is 9.17. The number of rotatable bonds is 6. The lowest BCUT2D eigenvalue weighted by atomic mass is 10.2. The van der Waals surface area contributed by atoms with E-state index in [9.17, 15) is 4.79 Å². The lowest BCUT2D eigenvalue weighted by Gasteiger charge is -2.04. The molecule has 0 unspecified atom stereocenters. The SMILES string of the molecule is COCc1nc2ncc3c(=O)n(-c4nc(SCc5ccc(Cl)cc5)n[nH]4)ccc3n2n1. The molecule has 31 heavy (non-hydrogen) atoms. The second kappa shape index (κ2) is 8.10. The average molecular weight is 455 g/mol. The predicted molar refractivity (Wildman–Crippen MR) is 116 cm³/mol. The molecule has 12 heteroatoms. The first kappa shape index (κ1) is 19.7. The van der Waals surface area contributed by atoms with Crippen LogP contribution in [0.15, 0.2) is 52.7 Å². The van der Waals surface area contributed by atoms with E-state index < -0.39 is 0 Å². The van der Waals surface area contributed by atoms with Crippen molar-refractivity contribution in [2.75, 3.05) is 7.11 Å². The molecule has 0 radical (unpaired) electrons. The van der Waals surface area contributed by atoms with Crippen molar-refractivity contribution >= 4 is 40.0 Å². The summed E-state index contributed by atoms with van der Waals surface area (Å²) in [5.41, 5.74) is 1.40. The number of halogens is 1. The van der Waals surface area contributed by atoms with Crippen LogP contribution < -0.4 is 5.56 Å². The van der Waals surface area contributed by atoms with Gasteiger partial charge < -0.3 is 4.74 Å². The first-order chi connectivity index (χ1) is 15.1. The maximum Gasteiger partial charge on any atom is 0.268 e. The van der Waals surface area contributed by atoms with Crippen LogP contribution >= 0.6 is 23.4 Å². The first-order valence-corrected chi connectivity index (χ1v) is 10.5. The van der Waals surface area contributed by atoms with Crippen molar-refractivity contribution in [1.82, 2.24) is 39.3 Å². The molecule has 0 saturated carbocycles. The van der Waals surface area contributed by atoms with E-state index in [1.54, 1.807) is 19.4 Å². The van der Waals surface area contributed by atoms with E-state index in [1.807, 2.05) is 24.3 Å². The molecule has 5 rings (SSSR count). The molecular weight excluding hydrogens is 440 g/mol. The Morgan fingerprint density at radius 1 is 1.19 bits per heavy atom. The summed E-state index contributed by atoms with van der Waals surface area (Å²) in [4.78, 5) is 26.0. The minimum absolute atomic E-state index is 0.260. The third-order valence-corrected chi connectivity index (χ3v) is 5.68. The van der Waals surface area contributed by atoms with Gasteiger partial charge in [0.1, 0.15) is 6.61 Å². The van der Waals surface area contributed by atoms with Crippen LogP contribution in [0.1, 0.15) is 11.4 Å². The number of benzene rings is 1. The van der Waals surface area contributed by atoms with Gasteiger partial charge in [-0.1, -0.05) is 35.5 Å². The monoisotopic (exact) mass is 454 g/mol. The molecule has 5 aromatic rings. The minimum Gasteiger partial charge on any atom is -0.377 e. The van der Waals surface area contributed by atoms with E-state index in [-0.39, 0.29) is 12.2 Å². The molecule has 1 N–H and O–H groups in total. The van der Waals surface area contributed by atoms with Crippen LogP contribution in [0.25, 0.3) is 22.6 Å². The summed E-state index contributed by atoms with van der Waals surface area (Å²) in [5, 5.41) is 13.0. The van der Waals surface area contributed by atoms with E-state index in [0.717, 1.165) is 5.56 Å². The normalized spacial score (nSPS) is 11.5. The molecule has 0 aliphatic heterocycles. The highest BCUT2D eigenvalue weighted by molar-refractivity contribution is 7.98. The highest BCUT2D eigenvalue weighted by Crippen LogP contribution is 2.21. The second-order valence-electron chi connectivity index (χ2n) is 6.58. The van der Waals surface area contributed by atoms with Crippen molar-refractivity contribution in [3.8, 4) is 5.95 Å². The molecule has 4 heterocycles. The van der Waals surface area contributed by atoms with Gasteiger partial charge >= 0.3 is 0 Å². The molecule has 0 spiro atoms. The zero-order valence-electron chi connectivity index (χ0n) is 16.2. The van der Waals surface area contributed by atoms with Gasteiger partial charge in [0.2, 0.25) is 11.1 Å². The molecule has 1 aromatic carbocycles. The van der Waals surface area contributed by atoms with Crippen molar-refractivity contribution in [2.24, 2.45) is 0 Å². The fraction of sp³-hybridized carbons (Fsp3) is 0.158. The number of nitrogens with zero attached hydrogens (tertiary/aromatic N) is 7. The summed E-state index contributed by atoms with van der Waals surface area (Å²) >= 11 is 7.37. The van der Waals surface area contributed by atoms with Crippen molar-refractivity contribution in [2.45, 2.75) is 17.5 Å². The summed E-state index contributed by atoms with van der Waals surface area (Å²) in [6.07, 6.45) is 3.11. The Kier molecular flexibility index (Phi) is 5.14. The number of aromatic nitrogens is 8. The molecular formula is C19H15ClN8O2S. The molecule has 0 fully saturated rings. The fourth-order valence-electron chi connectivity index (χ4n) is 3.06. The van der Waals surface area contributed by atoms with Crippen LogP contribution in [-0.2, 0) is 17.1 Å². The molecule has 156 valence electrons. The fourth-order valence-corrected chi connectivity index (χ4v) is 3.93. The van der Waals surface area contributed by atoms with Gasteiger partial charge in [0.05, 0.1) is 10.9 Å². The maximum absolute atomic E-state index is 13.1. The number of thioether (sulfide) groups is 1. The van der Waals surface area contributed by atoms with Gasteiger partial charge in [-0.2, -0.15) is 14.5 Å². The van der Waals surface area contributed by atoms with Crippen molar-refractivity contribution in [3.63, 3.8) is 0 Å². The van der Waals surface area contributed by atoms with Crippen LogP contribution in [0.4, 0.5) is 0 Å². The van der Waals surface area contributed by atoms with E-state index in [0.29, 0.717) is 44.4 Å². The molecule has 4 aromatic heterocycles. The van der Waals surface area contributed by atoms with Crippen LogP contribution in [0.3, 0.4) is 0 Å². The lowest BCUT2D eigenvalue weighted by molar-refractivity contribution is 0.178. The zero-order valence-corrected chi connectivity index (χ0v) is 17.8. The number of fused-ring (bicyclic) bond motifs is 3. The molecule has 0 aliphatic carbocycles. The zero-order chi connectivity index (χ0) is 21.4. The Bertz CT molecular complexity index is 1440. The average Bonchev–Trinajstić information content (AvgIpc) is 3.41. The van der Waals surface area contributed by atoms with Gasteiger partial charge in [-0.3, -0.25) is 9.36 Å². The topological polar surface area (TPSA) is 116 Å². The molecule has 0 bridgehead atoms. The van der Waals surface area contributed by atoms with Gasteiger partial charge in [-0.15, -0.1) is 10.2 Å². The Hall–Kier alpha value is -3.28. The largest absolute Gasteiger partial charge is 0.377 e. The Balaban J connectivity index is 1.45. The maximum atomic E-state index is 13.1. The van der Waals surface area contributed by atoms with Gasteiger partial charge in [0.15, 0.2) is 5.82 Å². The predicted octanol–water partition coefficient (Wildman–Crippen LogP) is 2.64. The van der Waals surface area contributed by atoms with Gasteiger partial charge in [0.25, 0.3) is 11.3 Å². The van der Waals surface area contributed by atoms with E-state index >= 15 is 0 Å². The van der Waals surface area contributed by atoms with E-state index in [4.69, 9.17) is 16.3 Å². The van der Waals surface area contributed by atoms with Gasteiger partial charge in [-0.05, 0) is 23.8 Å². The molecule has 0 amide bonds. The molecule has 0 atom stereocenters. The Labute approximate surface area is 184 Å². The highest BCUT2D eigenvalue weighted by Gasteiger charge is 2.14. The second-order valence-corrected chi connectivity index (χ2v) is 7.96. The van der Waals surface area contributed by atoms with Crippen LogP contribution in [0.5, 0.6) is 0 Å². The van der Waals surface area contributed by atoms with Crippen molar-refractivity contribution < 1.29 is 4.74 Å². The van der Waals surface area contributed by atoms with Crippen LogP contribution in [0.2, 0.25) is 5.02 Å². The number of hydrogen-bond acceptors (Lipinski definition) is 8. The summed E-state index contributed by atoms with van der Waals surface area (Å²) < 4.78 is 7.99. The van der Waals surface area contributed by atoms with Crippen molar-refractivity contribution in [3.05, 3.63) is 69.5 Å². The Morgan fingerprint density at radius 2 is 2.03 bits per heavy atom. The highest BCUT2D eigenvalue weighted by atomic mass is 35.5. The lowest BCUT2D eigenvalue weighted by Crippen LogP contribution is -2.20.